The van der Waals surface area contributed by atoms with Gasteiger partial charge in [-0.05, 0) is 29.7 Å². The summed E-state index contributed by atoms with van der Waals surface area (Å²) in [6.07, 6.45) is 4.26. The Morgan fingerprint density at radius 1 is 1.23 bits per heavy atom. The van der Waals surface area contributed by atoms with Crippen molar-refractivity contribution < 1.29 is 4.79 Å². The average molecular weight is 293 g/mol. The van der Waals surface area contributed by atoms with Gasteiger partial charge in [0.2, 0.25) is 0 Å². The molecule has 0 saturated carbocycles. The molecule has 2 aromatic heterocycles. The zero-order valence-electron chi connectivity index (χ0n) is 11.9. The van der Waals surface area contributed by atoms with Crippen molar-refractivity contribution in [2.24, 2.45) is 0 Å². The van der Waals surface area contributed by atoms with Crippen LogP contribution in [0.5, 0.6) is 0 Å². The van der Waals surface area contributed by atoms with Crippen molar-refractivity contribution >= 4 is 22.8 Å². The molecule has 110 valence electrons. The van der Waals surface area contributed by atoms with Crippen LogP contribution in [0.3, 0.4) is 0 Å². The maximum atomic E-state index is 11.9. The maximum absolute atomic E-state index is 11.9. The summed E-state index contributed by atoms with van der Waals surface area (Å²) < 4.78 is 0. The second-order valence-corrected chi connectivity index (χ2v) is 5.31. The first-order valence-electron chi connectivity index (χ1n) is 7.23. The lowest BCUT2D eigenvalue weighted by molar-refractivity contribution is 0.0946. The second kappa shape index (κ2) is 5.14. The summed E-state index contributed by atoms with van der Waals surface area (Å²) in [6.45, 7) is 1.33. The van der Waals surface area contributed by atoms with E-state index in [1.807, 2.05) is 24.4 Å². The van der Waals surface area contributed by atoms with Crippen LogP contribution in [0.15, 0.2) is 36.8 Å². The highest BCUT2D eigenvalue weighted by Crippen LogP contribution is 2.20. The largest absolute Gasteiger partial charge is 0.365 e. The minimum Gasteiger partial charge on any atom is -0.365 e. The standard InChI is InChI=1S/C16H15N5O/c22-16-13-7-10(1-2-11(13)3-5-18-16)8-19-15-12-4-6-17-14(12)20-9-21-15/h1-2,4,6-7,9H,3,5,8H2,(H,18,22)(H2,17,19,20,21). The number of amides is 1. The number of carbonyl (C=O) groups excluding carboxylic acids is 1. The lowest BCUT2D eigenvalue weighted by atomic mass is 9.98. The van der Waals surface area contributed by atoms with Crippen LogP contribution >= 0.6 is 0 Å². The monoisotopic (exact) mass is 293 g/mol. The van der Waals surface area contributed by atoms with Crippen molar-refractivity contribution in [3.8, 4) is 0 Å². The number of nitrogens with one attached hydrogen (secondary N) is 3. The molecule has 1 amide bonds. The van der Waals surface area contributed by atoms with Crippen LogP contribution in [0.4, 0.5) is 5.82 Å². The first-order valence-corrected chi connectivity index (χ1v) is 7.23. The van der Waals surface area contributed by atoms with Crippen LogP contribution in [0.25, 0.3) is 11.0 Å². The van der Waals surface area contributed by atoms with Gasteiger partial charge in [-0.3, -0.25) is 4.79 Å². The molecule has 3 aromatic rings. The molecule has 0 spiro atoms. The number of H-pyrrole nitrogens is 1. The third-order valence-electron chi connectivity index (χ3n) is 3.91. The van der Waals surface area contributed by atoms with E-state index in [4.69, 9.17) is 0 Å². The third kappa shape index (κ3) is 2.18. The van der Waals surface area contributed by atoms with E-state index in [-0.39, 0.29) is 5.91 Å². The summed E-state index contributed by atoms with van der Waals surface area (Å²) in [6, 6.07) is 7.99. The fourth-order valence-electron chi connectivity index (χ4n) is 2.77. The molecular formula is C16H15N5O. The van der Waals surface area contributed by atoms with E-state index >= 15 is 0 Å². The van der Waals surface area contributed by atoms with Crippen LogP contribution < -0.4 is 10.6 Å². The van der Waals surface area contributed by atoms with Crippen molar-refractivity contribution in [3.05, 3.63) is 53.5 Å². The first kappa shape index (κ1) is 12.8. The highest BCUT2D eigenvalue weighted by molar-refractivity contribution is 5.96. The van der Waals surface area contributed by atoms with Gasteiger partial charge in [0.1, 0.15) is 17.8 Å². The van der Waals surface area contributed by atoms with Crippen LogP contribution in [-0.4, -0.2) is 27.4 Å². The lowest BCUT2D eigenvalue weighted by Crippen LogP contribution is -2.31. The molecule has 1 aliphatic heterocycles. The van der Waals surface area contributed by atoms with E-state index in [0.29, 0.717) is 6.54 Å². The quantitative estimate of drug-likeness (QED) is 0.688. The zero-order valence-corrected chi connectivity index (χ0v) is 11.9. The summed E-state index contributed by atoms with van der Waals surface area (Å²) in [7, 11) is 0. The van der Waals surface area contributed by atoms with E-state index in [1.165, 1.54) is 6.33 Å². The SMILES string of the molecule is O=C1NCCc2ccc(CNc3ncnc4[nH]ccc34)cc21. The number of aromatic amines is 1. The zero-order chi connectivity index (χ0) is 14.9. The molecule has 0 radical (unpaired) electrons. The molecule has 0 bridgehead atoms. The van der Waals surface area contributed by atoms with Crippen molar-refractivity contribution in [1.29, 1.82) is 0 Å². The Kier molecular flexibility index (Phi) is 3.00. The number of nitrogens with zero attached hydrogens (tertiary/aromatic N) is 2. The van der Waals surface area contributed by atoms with E-state index in [0.717, 1.165) is 46.5 Å². The summed E-state index contributed by atoms with van der Waals surface area (Å²) in [5, 5.41) is 7.14. The van der Waals surface area contributed by atoms with E-state index in [1.54, 1.807) is 0 Å². The number of fused-ring (bicyclic) bond motifs is 2. The molecule has 0 atom stereocenters. The smallest absolute Gasteiger partial charge is 0.251 e. The van der Waals surface area contributed by atoms with Crippen molar-refractivity contribution in [3.63, 3.8) is 0 Å². The van der Waals surface area contributed by atoms with Gasteiger partial charge in [0.15, 0.2) is 0 Å². The topological polar surface area (TPSA) is 82.7 Å². The second-order valence-electron chi connectivity index (χ2n) is 5.31. The first-order chi connectivity index (χ1) is 10.8. The highest BCUT2D eigenvalue weighted by Gasteiger charge is 2.16. The Hall–Kier alpha value is -2.89. The lowest BCUT2D eigenvalue weighted by Gasteiger charge is -2.17. The highest BCUT2D eigenvalue weighted by atomic mass is 16.1. The Balaban J connectivity index is 1.58. The molecule has 4 rings (SSSR count). The maximum Gasteiger partial charge on any atom is 0.251 e. The number of hydrogen-bond donors (Lipinski definition) is 3. The van der Waals surface area contributed by atoms with Gasteiger partial charge in [0.05, 0.1) is 5.39 Å². The molecule has 0 fully saturated rings. The summed E-state index contributed by atoms with van der Waals surface area (Å²) in [4.78, 5) is 23.4. The normalized spacial score (nSPS) is 13.7. The summed E-state index contributed by atoms with van der Waals surface area (Å²) in [5.74, 6) is 0.798. The average Bonchev–Trinajstić information content (AvgIpc) is 3.02. The number of rotatable bonds is 3. The van der Waals surface area contributed by atoms with Crippen molar-refractivity contribution in [2.75, 3.05) is 11.9 Å². The molecule has 6 nitrogen and oxygen atoms in total. The molecule has 1 aliphatic rings. The summed E-state index contributed by atoms with van der Waals surface area (Å²) >= 11 is 0. The molecule has 6 heteroatoms. The number of benzene rings is 1. The van der Waals surface area contributed by atoms with Gasteiger partial charge in [-0.1, -0.05) is 12.1 Å². The van der Waals surface area contributed by atoms with Crippen molar-refractivity contribution in [2.45, 2.75) is 13.0 Å². The van der Waals surface area contributed by atoms with Gasteiger partial charge < -0.3 is 15.6 Å². The molecular weight excluding hydrogens is 278 g/mol. The van der Waals surface area contributed by atoms with Gasteiger partial charge in [-0.15, -0.1) is 0 Å². The fourth-order valence-corrected chi connectivity index (χ4v) is 2.77. The fraction of sp³-hybridized carbons (Fsp3) is 0.188. The van der Waals surface area contributed by atoms with Crippen LogP contribution in [0.1, 0.15) is 21.5 Å². The Labute approximate surface area is 127 Å². The van der Waals surface area contributed by atoms with E-state index < -0.39 is 0 Å². The number of hydrogen-bond acceptors (Lipinski definition) is 4. The molecule has 3 heterocycles. The van der Waals surface area contributed by atoms with E-state index in [9.17, 15) is 4.79 Å². The van der Waals surface area contributed by atoms with Crippen LogP contribution in [0, 0.1) is 0 Å². The Morgan fingerprint density at radius 2 is 2.18 bits per heavy atom. The molecule has 1 aromatic carbocycles. The Bertz CT molecular complexity index is 855. The Morgan fingerprint density at radius 3 is 3.14 bits per heavy atom. The minimum absolute atomic E-state index is 0.0122. The van der Waals surface area contributed by atoms with Gasteiger partial charge in [0, 0.05) is 24.8 Å². The van der Waals surface area contributed by atoms with Crippen LogP contribution in [0.2, 0.25) is 0 Å². The van der Waals surface area contributed by atoms with E-state index in [2.05, 4.69) is 31.7 Å². The molecule has 3 N–H and O–H groups in total. The van der Waals surface area contributed by atoms with Gasteiger partial charge in [-0.25, -0.2) is 9.97 Å². The predicted octanol–water partition coefficient (Wildman–Crippen LogP) is 1.86. The molecule has 0 unspecified atom stereocenters. The number of aromatic nitrogens is 3. The molecule has 0 aliphatic carbocycles. The predicted molar refractivity (Wildman–Crippen MR) is 83.7 cm³/mol. The molecule has 0 saturated heterocycles. The summed E-state index contributed by atoms with van der Waals surface area (Å²) in [5.41, 5.74) is 3.75. The van der Waals surface area contributed by atoms with Crippen molar-refractivity contribution in [1.82, 2.24) is 20.3 Å². The van der Waals surface area contributed by atoms with Gasteiger partial charge in [0.25, 0.3) is 5.91 Å². The molecule has 22 heavy (non-hydrogen) atoms. The number of anilines is 1. The minimum atomic E-state index is 0.0122. The van der Waals surface area contributed by atoms with Gasteiger partial charge >= 0.3 is 0 Å². The van der Waals surface area contributed by atoms with Crippen LogP contribution in [-0.2, 0) is 13.0 Å². The third-order valence-corrected chi connectivity index (χ3v) is 3.91. The van der Waals surface area contributed by atoms with Gasteiger partial charge in [-0.2, -0.15) is 0 Å². The number of carbonyl (C=O) groups is 1.